The molecule has 0 saturated heterocycles. The number of aliphatic hydroxyl groups excluding tert-OH is 2. The number of hydrogen-bond acceptors (Lipinski definition) is 7. The van der Waals surface area contributed by atoms with E-state index >= 15 is 0 Å². The van der Waals surface area contributed by atoms with Gasteiger partial charge in [0.05, 0.1) is 12.2 Å². The van der Waals surface area contributed by atoms with Gasteiger partial charge in [0.1, 0.15) is 18.5 Å². The molecule has 7 heteroatoms. The van der Waals surface area contributed by atoms with Crippen LogP contribution in [0.25, 0.3) is 22.8 Å². The first-order chi connectivity index (χ1) is 14.8. The Bertz CT molecular complexity index is 1030. The molecule has 2 heterocycles. The standard InChI is InChI=1S/C24H31N3O4/c1-6-17-9-19(8-15(4)22(17)30-13-21(29)12-28)23-26-24(31-27-23)20-10-18(7-14(2)3)16(5)25-11-20/h8-11,14,21,28-29H,6-7,12-13H2,1-5H3. The maximum Gasteiger partial charge on any atom is 0.259 e. The van der Waals surface area contributed by atoms with Crippen LogP contribution in [0.15, 0.2) is 28.9 Å². The topological polar surface area (TPSA) is 102 Å². The van der Waals surface area contributed by atoms with Gasteiger partial charge in [0.2, 0.25) is 5.82 Å². The van der Waals surface area contributed by atoms with E-state index in [0.717, 1.165) is 40.8 Å². The summed E-state index contributed by atoms with van der Waals surface area (Å²) < 4.78 is 11.3. The van der Waals surface area contributed by atoms with Gasteiger partial charge in [0.25, 0.3) is 5.89 Å². The van der Waals surface area contributed by atoms with Crippen LogP contribution in [0.5, 0.6) is 5.75 Å². The molecule has 1 atom stereocenters. The van der Waals surface area contributed by atoms with Crippen LogP contribution >= 0.6 is 0 Å². The molecule has 1 unspecified atom stereocenters. The first-order valence-corrected chi connectivity index (χ1v) is 10.7. The van der Waals surface area contributed by atoms with E-state index in [-0.39, 0.29) is 13.2 Å². The van der Waals surface area contributed by atoms with Gasteiger partial charge in [-0.1, -0.05) is 25.9 Å². The maximum atomic E-state index is 9.59. The first kappa shape index (κ1) is 22.9. The molecule has 3 aromatic rings. The second-order valence-corrected chi connectivity index (χ2v) is 8.27. The Morgan fingerprint density at radius 2 is 1.84 bits per heavy atom. The van der Waals surface area contributed by atoms with Gasteiger partial charge in [-0.2, -0.15) is 4.98 Å². The average Bonchev–Trinajstić information content (AvgIpc) is 3.23. The summed E-state index contributed by atoms with van der Waals surface area (Å²) in [5.41, 5.74) is 5.72. The summed E-state index contributed by atoms with van der Waals surface area (Å²) >= 11 is 0. The molecule has 3 rings (SSSR count). The fourth-order valence-corrected chi connectivity index (χ4v) is 3.48. The summed E-state index contributed by atoms with van der Waals surface area (Å²) in [5.74, 6) is 2.18. The molecule has 0 amide bonds. The Hall–Kier alpha value is -2.77. The summed E-state index contributed by atoms with van der Waals surface area (Å²) in [7, 11) is 0. The number of nitrogens with zero attached hydrogens (tertiary/aromatic N) is 3. The number of hydrogen-bond donors (Lipinski definition) is 2. The van der Waals surface area contributed by atoms with Crippen molar-refractivity contribution in [3.05, 3.63) is 46.8 Å². The predicted octanol–water partition coefficient (Wildman–Crippen LogP) is 3.91. The minimum Gasteiger partial charge on any atom is -0.490 e. The van der Waals surface area contributed by atoms with E-state index in [4.69, 9.17) is 14.4 Å². The zero-order chi connectivity index (χ0) is 22.5. The number of pyridine rings is 1. The highest BCUT2D eigenvalue weighted by Crippen LogP contribution is 2.31. The van der Waals surface area contributed by atoms with E-state index in [1.807, 2.05) is 32.9 Å². The van der Waals surface area contributed by atoms with Crippen LogP contribution in [-0.2, 0) is 12.8 Å². The molecule has 0 saturated carbocycles. The summed E-state index contributed by atoms with van der Waals surface area (Å²) in [6, 6.07) is 5.98. The Morgan fingerprint density at radius 1 is 1.10 bits per heavy atom. The number of benzene rings is 1. The van der Waals surface area contributed by atoms with E-state index in [1.54, 1.807) is 6.20 Å². The molecule has 2 N–H and O–H groups in total. The van der Waals surface area contributed by atoms with Crippen molar-refractivity contribution < 1.29 is 19.5 Å². The molecule has 7 nitrogen and oxygen atoms in total. The van der Waals surface area contributed by atoms with Gasteiger partial charge in [0, 0.05) is 17.5 Å². The van der Waals surface area contributed by atoms with Crippen LogP contribution in [-0.4, -0.2) is 44.7 Å². The van der Waals surface area contributed by atoms with E-state index in [2.05, 4.69) is 35.0 Å². The number of aliphatic hydroxyl groups is 2. The zero-order valence-electron chi connectivity index (χ0n) is 18.8. The largest absolute Gasteiger partial charge is 0.490 e. The highest BCUT2D eigenvalue weighted by Gasteiger charge is 2.17. The normalized spacial score (nSPS) is 12.4. The van der Waals surface area contributed by atoms with Crippen LogP contribution in [0.4, 0.5) is 0 Å². The molecule has 0 aliphatic rings. The average molecular weight is 426 g/mol. The molecular weight excluding hydrogens is 394 g/mol. The van der Waals surface area contributed by atoms with Crippen molar-refractivity contribution in [1.29, 1.82) is 0 Å². The van der Waals surface area contributed by atoms with Crippen molar-refractivity contribution >= 4 is 0 Å². The van der Waals surface area contributed by atoms with Crippen molar-refractivity contribution in [3.8, 4) is 28.6 Å². The van der Waals surface area contributed by atoms with Crippen LogP contribution in [0.1, 0.15) is 43.2 Å². The fourth-order valence-electron chi connectivity index (χ4n) is 3.48. The van der Waals surface area contributed by atoms with E-state index < -0.39 is 6.10 Å². The Morgan fingerprint density at radius 3 is 2.52 bits per heavy atom. The summed E-state index contributed by atoms with van der Waals surface area (Å²) in [6.45, 7) is 10.0. The lowest BCUT2D eigenvalue weighted by atomic mass is 10.0. The summed E-state index contributed by atoms with van der Waals surface area (Å²) in [5, 5.41) is 22.8. The van der Waals surface area contributed by atoms with Crippen LogP contribution in [0.2, 0.25) is 0 Å². The van der Waals surface area contributed by atoms with Crippen molar-refractivity contribution in [2.45, 2.75) is 53.6 Å². The second-order valence-electron chi connectivity index (χ2n) is 8.27. The van der Waals surface area contributed by atoms with Crippen molar-refractivity contribution in [2.24, 2.45) is 5.92 Å². The minimum absolute atomic E-state index is 0.0369. The Balaban J connectivity index is 1.89. The molecule has 0 radical (unpaired) electrons. The van der Waals surface area contributed by atoms with Crippen molar-refractivity contribution in [1.82, 2.24) is 15.1 Å². The van der Waals surface area contributed by atoms with Gasteiger partial charge in [-0.05, 0) is 67.5 Å². The predicted molar refractivity (Wildman–Crippen MR) is 119 cm³/mol. The zero-order valence-corrected chi connectivity index (χ0v) is 18.8. The number of ether oxygens (including phenoxy) is 1. The summed E-state index contributed by atoms with van der Waals surface area (Å²) in [4.78, 5) is 9.11. The number of aryl methyl sites for hydroxylation is 3. The molecule has 166 valence electrons. The molecule has 2 aromatic heterocycles. The lowest BCUT2D eigenvalue weighted by Crippen LogP contribution is -2.22. The highest BCUT2D eigenvalue weighted by atomic mass is 16.5. The smallest absolute Gasteiger partial charge is 0.259 e. The third kappa shape index (κ3) is 5.48. The lowest BCUT2D eigenvalue weighted by molar-refractivity contribution is 0.0531. The van der Waals surface area contributed by atoms with Crippen LogP contribution < -0.4 is 4.74 Å². The van der Waals surface area contributed by atoms with Gasteiger partial charge in [-0.15, -0.1) is 0 Å². The van der Waals surface area contributed by atoms with Gasteiger partial charge >= 0.3 is 0 Å². The number of aromatic nitrogens is 3. The molecule has 0 aliphatic carbocycles. The van der Waals surface area contributed by atoms with Gasteiger partial charge in [0.15, 0.2) is 0 Å². The molecule has 0 bridgehead atoms. The molecular formula is C24H31N3O4. The van der Waals surface area contributed by atoms with E-state index in [9.17, 15) is 5.11 Å². The number of rotatable bonds is 9. The Kier molecular flexibility index (Phi) is 7.41. The lowest BCUT2D eigenvalue weighted by Gasteiger charge is -2.16. The minimum atomic E-state index is -0.910. The molecule has 0 aliphatic heterocycles. The third-order valence-corrected chi connectivity index (χ3v) is 5.11. The Labute approximate surface area is 183 Å². The third-order valence-electron chi connectivity index (χ3n) is 5.11. The monoisotopic (exact) mass is 425 g/mol. The second kappa shape index (κ2) is 10.0. The van der Waals surface area contributed by atoms with Crippen LogP contribution in [0.3, 0.4) is 0 Å². The van der Waals surface area contributed by atoms with Crippen molar-refractivity contribution in [3.63, 3.8) is 0 Å². The molecule has 0 spiro atoms. The highest BCUT2D eigenvalue weighted by molar-refractivity contribution is 5.64. The van der Waals surface area contributed by atoms with E-state index in [1.165, 1.54) is 5.56 Å². The molecule has 1 aromatic carbocycles. The van der Waals surface area contributed by atoms with Gasteiger partial charge in [-0.3, -0.25) is 4.98 Å². The maximum absolute atomic E-state index is 9.59. The molecule has 31 heavy (non-hydrogen) atoms. The first-order valence-electron chi connectivity index (χ1n) is 10.7. The van der Waals surface area contributed by atoms with Gasteiger partial charge in [-0.25, -0.2) is 0 Å². The van der Waals surface area contributed by atoms with Crippen molar-refractivity contribution in [2.75, 3.05) is 13.2 Å². The van der Waals surface area contributed by atoms with Crippen LogP contribution in [0, 0.1) is 19.8 Å². The fraction of sp³-hybridized carbons (Fsp3) is 0.458. The molecule has 0 fully saturated rings. The van der Waals surface area contributed by atoms with Gasteiger partial charge < -0.3 is 19.5 Å². The van der Waals surface area contributed by atoms with E-state index in [0.29, 0.717) is 23.4 Å². The summed E-state index contributed by atoms with van der Waals surface area (Å²) in [6.07, 6.45) is 2.54. The SMILES string of the molecule is CCc1cc(-c2noc(-c3cnc(C)c(CC(C)C)c3)n2)cc(C)c1OCC(O)CO. The quantitative estimate of drug-likeness (QED) is 0.536.